The number of rotatable bonds is 9. The molecule has 0 fully saturated rings. The molecule has 3 N–H and O–H groups in total. The van der Waals surface area contributed by atoms with Crippen molar-refractivity contribution in [1.29, 1.82) is 0 Å². The average molecular weight is 548 g/mol. The third-order valence-corrected chi connectivity index (χ3v) is 4.99. The Hall–Kier alpha value is -2.62. The largest absolute Gasteiger partial charge is 0.357 e. The highest BCUT2D eigenvalue weighted by molar-refractivity contribution is 14.0. The number of carbonyl (C=O) groups is 1. The molecule has 0 spiro atoms. The van der Waals surface area contributed by atoms with Gasteiger partial charge in [0.25, 0.3) is 5.91 Å². The van der Waals surface area contributed by atoms with E-state index in [-0.39, 0.29) is 29.9 Å². The minimum Gasteiger partial charge on any atom is -0.357 e. The van der Waals surface area contributed by atoms with Gasteiger partial charge in [0, 0.05) is 31.7 Å². The van der Waals surface area contributed by atoms with Crippen molar-refractivity contribution in [3.8, 4) is 0 Å². The number of halogens is 1. The second-order valence-electron chi connectivity index (χ2n) is 7.33. The van der Waals surface area contributed by atoms with Gasteiger partial charge in [0.05, 0.1) is 17.6 Å². The first-order valence-electron chi connectivity index (χ1n) is 10.9. The average Bonchev–Trinajstić information content (AvgIpc) is 3.10. The molecule has 1 heterocycles. The molecule has 172 valence electrons. The van der Waals surface area contributed by atoms with Crippen LogP contribution in [0.5, 0.6) is 0 Å². The molecule has 0 atom stereocenters. The molecule has 0 radical (unpaired) electrons. The number of guanidine groups is 1. The second kappa shape index (κ2) is 13.0. The standard InChI is InChI=1S/C24H32N6O.HI/c1-4-25-23(31)20-11-8-10-19(16-20)17-28-24(26-5-2)27-14-9-15-30-18(3)29-21-12-6-7-13-22(21)30;/h6-8,10-13,16H,4-5,9,14-15,17H2,1-3H3,(H,25,31)(H2,26,27,28);1H. The van der Waals surface area contributed by atoms with Crippen LogP contribution in [0, 0.1) is 6.92 Å². The summed E-state index contributed by atoms with van der Waals surface area (Å²) in [4.78, 5) is 21.3. The highest BCUT2D eigenvalue weighted by Crippen LogP contribution is 2.15. The van der Waals surface area contributed by atoms with Crippen molar-refractivity contribution in [2.45, 2.75) is 40.3 Å². The number of hydrogen-bond acceptors (Lipinski definition) is 3. The molecule has 0 unspecified atom stereocenters. The maximum Gasteiger partial charge on any atom is 0.251 e. The summed E-state index contributed by atoms with van der Waals surface area (Å²) in [7, 11) is 0. The van der Waals surface area contributed by atoms with Gasteiger partial charge in [-0.2, -0.15) is 0 Å². The van der Waals surface area contributed by atoms with E-state index in [1.165, 1.54) is 5.52 Å². The van der Waals surface area contributed by atoms with Crippen molar-refractivity contribution in [2.75, 3.05) is 19.6 Å². The van der Waals surface area contributed by atoms with Gasteiger partial charge in [-0.1, -0.05) is 24.3 Å². The molecular weight excluding hydrogens is 515 g/mol. The van der Waals surface area contributed by atoms with E-state index in [2.05, 4.69) is 42.6 Å². The van der Waals surface area contributed by atoms with E-state index in [4.69, 9.17) is 0 Å². The summed E-state index contributed by atoms with van der Waals surface area (Å²) in [6.45, 7) is 9.62. The Kier molecular flexibility index (Phi) is 10.5. The number of imidazole rings is 1. The van der Waals surface area contributed by atoms with E-state index in [9.17, 15) is 4.79 Å². The number of amides is 1. The van der Waals surface area contributed by atoms with Crippen LogP contribution in [0.1, 0.15) is 42.0 Å². The summed E-state index contributed by atoms with van der Waals surface area (Å²) in [5, 5.41) is 9.52. The number of aliphatic imine (C=N–C) groups is 1. The van der Waals surface area contributed by atoms with Gasteiger partial charge in [0.15, 0.2) is 5.96 Å². The minimum absolute atomic E-state index is 0. The van der Waals surface area contributed by atoms with Crippen molar-refractivity contribution in [3.63, 3.8) is 0 Å². The van der Waals surface area contributed by atoms with Crippen molar-refractivity contribution in [1.82, 2.24) is 25.5 Å². The van der Waals surface area contributed by atoms with Crippen LogP contribution in [0.25, 0.3) is 11.0 Å². The van der Waals surface area contributed by atoms with Crippen LogP contribution in [-0.2, 0) is 13.1 Å². The van der Waals surface area contributed by atoms with Gasteiger partial charge in [-0.05, 0) is 57.0 Å². The van der Waals surface area contributed by atoms with Crippen LogP contribution < -0.4 is 16.0 Å². The zero-order chi connectivity index (χ0) is 22.1. The molecule has 8 heteroatoms. The van der Waals surface area contributed by atoms with E-state index >= 15 is 0 Å². The zero-order valence-corrected chi connectivity index (χ0v) is 21.3. The number of carbonyl (C=O) groups excluding carboxylic acids is 1. The summed E-state index contributed by atoms with van der Waals surface area (Å²) in [5.41, 5.74) is 3.88. The van der Waals surface area contributed by atoms with Gasteiger partial charge in [-0.25, -0.2) is 9.98 Å². The van der Waals surface area contributed by atoms with Gasteiger partial charge in [-0.3, -0.25) is 4.79 Å². The zero-order valence-electron chi connectivity index (χ0n) is 19.0. The molecule has 0 saturated heterocycles. The molecule has 0 aliphatic carbocycles. The first kappa shape index (κ1) is 25.6. The van der Waals surface area contributed by atoms with Crippen LogP contribution in [0.15, 0.2) is 53.5 Å². The van der Waals surface area contributed by atoms with Crippen LogP contribution in [-0.4, -0.2) is 41.1 Å². The van der Waals surface area contributed by atoms with Crippen LogP contribution >= 0.6 is 24.0 Å². The summed E-state index contributed by atoms with van der Waals surface area (Å²) in [6.07, 6.45) is 0.957. The van der Waals surface area contributed by atoms with Crippen LogP contribution in [0.3, 0.4) is 0 Å². The van der Waals surface area contributed by atoms with Crippen molar-refractivity contribution < 1.29 is 4.79 Å². The topological polar surface area (TPSA) is 83.3 Å². The first-order chi connectivity index (χ1) is 15.1. The summed E-state index contributed by atoms with van der Waals surface area (Å²) in [5.74, 6) is 1.76. The molecule has 0 bridgehead atoms. The smallest absolute Gasteiger partial charge is 0.251 e. The van der Waals surface area contributed by atoms with Gasteiger partial charge in [0.1, 0.15) is 5.82 Å². The molecule has 3 aromatic rings. The first-order valence-corrected chi connectivity index (χ1v) is 10.9. The molecule has 0 aliphatic rings. The third kappa shape index (κ3) is 6.94. The highest BCUT2D eigenvalue weighted by Gasteiger charge is 2.07. The minimum atomic E-state index is -0.0549. The second-order valence-corrected chi connectivity index (χ2v) is 7.33. The van der Waals surface area contributed by atoms with E-state index in [1.54, 1.807) is 0 Å². The number of nitrogens with zero attached hydrogens (tertiary/aromatic N) is 3. The third-order valence-electron chi connectivity index (χ3n) is 4.99. The van der Waals surface area contributed by atoms with Crippen molar-refractivity contribution >= 4 is 46.9 Å². The van der Waals surface area contributed by atoms with E-state index in [0.717, 1.165) is 48.9 Å². The summed E-state index contributed by atoms with van der Waals surface area (Å²) >= 11 is 0. The fourth-order valence-electron chi connectivity index (χ4n) is 3.51. The number of para-hydroxylation sites is 2. The fourth-order valence-corrected chi connectivity index (χ4v) is 3.51. The number of hydrogen-bond donors (Lipinski definition) is 3. The lowest BCUT2D eigenvalue weighted by molar-refractivity contribution is 0.0955. The van der Waals surface area contributed by atoms with E-state index < -0.39 is 0 Å². The number of benzene rings is 2. The Morgan fingerprint density at radius 1 is 1.03 bits per heavy atom. The molecule has 2 aromatic carbocycles. The number of nitrogens with one attached hydrogen (secondary N) is 3. The maximum absolute atomic E-state index is 12.0. The molecule has 1 aromatic heterocycles. The Bertz CT molecular complexity index is 1050. The monoisotopic (exact) mass is 548 g/mol. The van der Waals surface area contributed by atoms with Crippen LogP contribution in [0.4, 0.5) is 0 Å². The number of aryl methyl sites for hydroxylation is 2. The summed E-state index contributed by atoms with van der Waals surface area (Å²) in [6, 6.07) is 15.8. The van der Waals surface area contributed by atoms with Gasteiger partial charge >= 0.3 is 0 Å². The maximum atomic E-state index is 12.0. The molecule has 0 saturated carbocycles. The van der Waals surface area contributed by atoms with E-state index in [0.29, 0.717) is 18.7 Å². The number of fused-ring (bicyclic) bond motifs is 1. The SMILES string of the molecule is CCNC(=O)c1cccc(CN=C(NCC)NCCCn2c(C)nc3ccccc32)c1.I. The predicted octanol–water partition coefficient (Wildman–Crippen LogP) is 3.86. The van der Waals surface area contributed by atoms with Crippen LogP contribution in [0.2, 0.25) is 0 Å². The lowest BCUT2D eigenvalue weighted by Crippen LogP contribution is -2.38. The summed E-state index contributed by atoms with van der Waals surface area (Å²) < 4.78 is 2.26. The Morgan fingerprint density at radius 2 is 1.81 bits per heavy atom. The molecule has 0 aliphatic heterocycles. The predicted molar refractivity (Wildman–Crippen MR) is 142 cm³/mol. The molecule has 1 amide bonds. The quantitative estimate of drug-likeness (QED) is 0.164. The van der Waals surface area contributed by atoms with Crippen molar-refractivity contribution in [3.05, 3.63) is 65.5 Å². The lowest BCUT2D eigenvalue weighted by atomic mass is 10.1. The molecule has 3 rings (SSSR count). The number of aromatic nitrogens is 2. The molecule has 32 heavy (non-hydrogen) atoms. The molecule has 7 nitrogen and oxygen atoms in total. The Morgan fingerprint density at radius 3 is 2.59 bits per heavy atom. The normalized spacial score (nSPS) is 11.2. The Labute approximate surface area is 207 Å². The highest BCUT2D eigenvalue weighted by atomic mass is 127. The lowest BCUT2D eigenvalue weighted by Gasteiger charge is -2.12. The van der Waals surface area contributed by atoms with E-state index in [1.807, 2.05) is 57.2 Å². The Balaban J connectivity index is 0.00000363. The van der Waals surface area contributed by atoms with Crippen molar-refractivity contribution in [2.24, 2.45) is 4.99 Å². The van der Waals surface area contributed by atoms with Gasteiger partial charge < -0.3 is 20.5 Å². The fraction of sp³-hybridized carbons (Fsp3) is 0.375. The van der Waals surface area contributed by atoms with Gasteiger partial charge in [-0.15, -0.1) is 24.0 Å². The molecular formula is C24H33IN6O. The van der Waals surface area contributed by atoms with Gasteiger partial charge in [0.2, 0.25) is 0 Å².